The van der Waals surface area contributed by atoms with Crippen LogP contribution in [0, 0.1) is 0 Å². The third kappa shape index (κ3) is 3.02. The maximum absolute atomic E-state index is 13.7. The maximum atomic E-state index is 13.7. The zero-order chi connectivity index (χ0) is 11.3. The molecule has 0 amide bonds. The highest BCUT2D eigenvalue weighted by atomic mass is 19.1. The molecule has 0 fully saturated rings. The van der Waals surface area contributed by atoms with E-state index in [9.17, 15) is 9.18 Å². The molecule has 0 saturated heterocycles. The summed E-state index contributed by atoms with van der Waals surface area (Å²) in [5, 5.41) is 0. The molecule has 2 atom stereocenters. The highest BCUT2D eigenvalue weighted by Gasteiger charge is 2.26. The second-order valence-electron chi connectivity index (χ2n) is 3.09. The van der Waals surface area contributed by atoms with E-state index in [0.717, 1.165) is 0 Å². The predicted molar refractivity (Wildman–Crippen MR) is 54.9 cm³/mol. The maximum Gasteiger partial charge on any atom is 0.326 e. The average Bonchev–Trinajstić information content (AvgIpc) is 2.28. The van der Waals surface area contributed by atoms with Gasteiger partial charge in [-0.25, -0.2) is 4.39 Å². The van der Waals surface area contributed by atoms with Gasteiger partial charge in [0, 0.05) is 0 Å². The van der Waals surface area contributed by atoms with Crippen molar-refractivity contribution in [3.8, 4) is 0 Å². The molecular weight excluding hydrogens is 197 g/mol. The fourth-order valence-electron chi connectivity index (χ4n) is 1.20. The van der Waals surface area contributed by atoms with Crippen LogP contribution in [0.15, 0.2) is 30.3 Å². The Labute approximate surface area is 88.0 Å². The monoisotopic (exact) mass is 211 g/mol. The van der Waals surface area contributed by atoms with Gasteiger partial charge in [0.2, 0.25) is 0 Å². The van der Waals surface area contributed by atoms with Crippen molar-refractivity contribution < 1.29 is 13.9 Å². The largest absolute Gasteiger partial charge is 0.465 e. The number of hydrogen-bond acceptors (Lipinski definition) is 3. The molecule has 1 rings (SSSR count). The summed E-state index contributed by atoms with van der Waals surface area (Å²) in [7, 11) is 0. The number of esters is 1. The van der Waals surface area contributed by atoms with Crippen LogP contribution >= 0.6 is 0 Å². The van der Waals surface area contributed by atoms with E-state index in [1.807, 2.05) is 0 Å². The third-order valence-electron chi connectivity index (χ3n) is 1.99. The zero-order valence-electron chi connectivity index (χ0n) is 8.52. The van der Waals surface area contributed by atoms with Crippen LogP contribution < -0.4 is 5.73 Å². The first kappa shape index (κ1) is 11.7. The molecule has 0 aliphatic heterocycles. The lowest BCUT2D eigenvalue weighted by Crippen LogP contribution is -2.36. The van der Waals surface area contributed by atoms with Crippen LogP contribution in [0.25, 0.3) is 0 Å². The van der Waals surface area contributed by atoms with Gasteiger partial charge >= 0.3 is 5.97 Å². The number of nitrogens with two attached hydrogens (primary N) is 1. The molecular formula is C11H14FNO2. The number of halogens is 1. The fraction of sp³-hybridized carbons (Fsp3) is 0.364. The van der Waals surface area contributed by atoms with Crippen molar-refractivity contribution in [3.63, 3.8) is 0 Å². The van der Waals surface area contributed by atoms with Gasteiger partial charge in [-0.05, 0) is 12.5 Å². The van der Waals surface area contributed by atoms with Crippen LogP contribution in [-0.2, 0) is 9.53 Å². The van der Waals surface area contributed by atoms with Crippen molar-refractivity contribution in [1.82, 2.24) is 0 Å². The lowest BCUT2D eigenvalue weighted by molar-refractivity contribution is -0.146. The minimum Gasteiger partial charge on any atom is -0.465 e. The van der Waals surface area contributed by atoms with Crippen LogP contribution in [0.4, 0.5) is 4.39 Å². The van der Waals surface area contributed by atoms with Gasteiger partial charge in [0.25, 0.3) is 0 Å². The van der Waals surface area contributed by atoms with Gasteiger partial charge in [-0.1, -0.05) is 30.3 Å². The normalized spacial score (nSPS) is 14.3. The molecule has 4 heteroatoms. The Morgan fingerprint density at radius 2 is 2.07 bits per heavy atom. The van der Waals surface area contributed by atoms with Crippen molar-refractivity contribution >= 4 is 5.97 Å². The molecule has 0 saturated carbocycles. The summed E-state index contributed by atoms with van der Waals surface area (Å²) in [5.41, 5.74) is 5.82. The smallest absolute Gasteiger partial charge is 0.326 e. The molecule has 0 aromatic heterocycles. The summed E-state index contributed by atoms with van der Waals surface area (Å²) in [6.45, 7) is 1.86. The van der Waals surface area contributed by atoms with Gasteiger partial charge in [-0.2, -0.15) is 0 Å². The first-order valence-corrected chi connectivity index (χ1v) is 4.78. The molecule has 82 valence electrons. The molecule has 1 aromatic carbocycles. The van der Waals surface area contributed by atoms with E-state index in [0.29, 0.717) is 5.56 Å². The first-order valence-electron chi connectivity index (χ1n) is 4.78. The third-order valence-corrected chi connectivity index (χ3v) is 1.99. The lowest BCUT2D eigenvalue weighted by Gasteiger charge is -2.15. The Bertz CT molecular complexity index is 316. The van der Waals surface area contributed by atoms with Crippen molar-refractivity contribution in [2.45, 2.75) is 19.1 Å². The highest BCUT2D eigenvalue weighted by Crippen LogP contribution is 2.20. The molecule has 0 bridgehead atoms. The lowest BCUT2D eigenvalue weighted by atomic mass is 10.0. The molecule has 3 nitrogen and oxygen atoms in total. The molecule has 1 aromatic rings. The van der Waals surface area contributed by atoms with Gasteiger partial charge in [0.15, 0.2) is 6.17 Å². The molecule has 15 heavy (non-hydrogen) atoms. The van der Waals surface area contributed by atoms with E-state index in [1.165, 1.54) is 0 Å². The molecule has 0 radical (unpaired) electrons. The second-order valence-corrected chi connectivity index (χ2v) is 3.09. The number of rotatable bonds is 4. The molecule has 0 aliphatic rings. The van der Waals surface area contributed by atoms with Gasteiger partial charge in [-0.15, -0.1) is 0 Å². The van der Waals surface area contributed by atoms with Crippen molar-refractivity contribution in [3.05, 3.63) is 35.9 Å². The van der Waals surface area contributed by atoms with E-state index in [-0.39, 0.29) is 6.61 Å². The van der Waals surface area contributed by atoms with Gasteiger partial charge in [-0.3, -0.25) is 4.79 Å². The number of carbonyl (C=O) groups excluding carboxylic acids is 1. The minimum absolute atomic E-state index is 0.202. The SMILES string of the molecule is CCOC(=O)[C@@H](N)C(F)c1ccccc1. The van der Waals surface area contributed by atoms with E-state index in [1.54, 1.807) is 37.3 Å². The van der Waals surface area contributed by atoms with E-state index in [4.69, 9.17) is 5.73 Å². The Morgan fingerprint density at radius 1 is 1.47 bits per heavy atom. The van der Waals surface area contributed by atoms with Crippen LogP contribution in [0.2, 0.25) is 0 Å². The Hall–Kier alpha value is -1.42. The van der Waals surface area contributed by atoms with E-state index < -0.39 is 18.2 Å². The molecule has 0 aliphatic carbocycles. The first-order chi connectivity index (χ1) is 7.16. The Morgan fingerprint density at radius 3 is 2.60 bits per heavy atom. The van der Waals surface area contributed by atoms with Crippen molar-refractivity contribution in [1.29, 1.82) is 0 Å². The quantitative estimate of drug-likeness (QED) is 0.769. The number of benzene rings is 1. The molecule has 2 N–H and O–H groups in total. The van der Waals surface area contributed by atoms with E-state index >= 15 is 0 Å². The van der Waals surface area contributed by atoms with Crippen LogP contribution in [0.1, 0.15) is 18.7 Å². The molecule has 0 heterocycles. The minimum atomic E-state index is -1.52. The molecule has 0 spiro atoms. The number of hydrogen-bond donors (Lipinski definition) is 1. The summed E-state index contributed by atoms with van der Waals surface area (Å²) in [6.07, 6.45) is -1.52. The topological polar surface area (TPSA) is 52.3 Å². The van der Waals surface area contributed by atoms with E-state index in [2.05, 4.69) is 4.74 Å². The number of alkyl halides is 1. The van der Waals surface area contributed by atoms with Gasteiger partial charge in [0.05, 0.1) is 6.61 Å². The van der Waals surface area contributed by atoms with Gasteiger partial charge < -0.3 is 10.5 Å². The zero-order valence-corrected chi connectivity index (χ0v) is 8.52. The summed E-state index contributed by atoms with van der Waals surface area (Å²) in [5.74, 6) is -0.714. The predicted octanol–water partition coefficient (Wildman–Crippen LogP) is 1.59. The van der Waals surface area contributed by atoms with Gasteiger partial charge in [0.1, 0.15) is 6.04 Å². The van der Waals surface area contributed by atoms with Crippen LogP contribution in [-0.4, -0.2) is 18.6 Å². The highest BCUT2D eigenvalue weighted by molar-refractivity contribution is 5.76. The second kappa shape index (κ2) is 5.46. The summed E-state index contributed by atoms with van der Waals surface area (Å²) in [6, 6.07) is 7.08. The Kier molecular flexibility index (Phi) is 4.24. The molecule has 1 unspecified atom stereocenters. The van der Waals surface area contributed by atoms with Crippen molar-refractivity contribution in [2.75, 3.05) is 6.61 Å². The van der Waals surface area contributed by atoms with Crippen LogP contribution in [0.3, 0.4) is 0 Å². The Balaban J connectivity index is 2.68. The standard InChI is InChI=1S/C11H14FNO2/c1-2-15-11(14)10(13)9(12)8-6-4-3-5-7-8/h3-7,9-10H,2,13H2,1H3/t9?,10-/m0/s1. The fourth-order valence-corrected chi connectivity index (χ4v) is 1.20. The number of ether oxygens (including phenoxy) is 1. The van der Waals surface area contributed by atoms with Crippen molar-refractivity contribution in [2.24, 2.45) is 5.73 Å². The number of carbonyl (C=O) groups is 1. The summed E-state index contributed by atoms with van der Waals surface area (Å²) in [4.78, 5) is 11.2. The average molecular weight is 211 g/mol. The van der Waals surface area contributed by atoms with Crippen LogP contribution in [0.5, 0.6) is 0 Å². The summed E-state index contributed by atoms with van der Waals surface area (Å²) >= 11 is 0. The summed E-state index contributed by atoms with van der Waals surface area (Å²) < 4.78 is 18.3.